The Kier molecular flexibility index (Phi) is 5.92. The van der Waals surface area contributed by atoms with E-state index in [9.17, 15) is 4.79 Å². The fourth-order valence-corrected chi connectivity index (χ4v) is 2.19. The third-order valence-corrected chi connectivity index (χ3v) is 3.70. The molecule has 17 heavy (non-hydrogen) atoms. The molecule has 4 heteroatoms. The van der Waals surface area contributed by atoms with Crippen LogP contribution in [0.4, 0.5) is 0 Å². The second kappa shape index (κ2) is 6.97. The molecule has 1 fully saturated rings. The van der Waals surface area contributed by atoms with Gasteiger partial charge in [0.05, 0.1) is 12.7 Å². The Morgan fingerprint density at radius 3 is 2.53 bits per heavy atom. The Morgan fingerprint density at radius 1 is 1.41 bits per heavy atom. The maximum atomic E-state index is 11.6. The molecule has 1 N–H and O–H groups in total. The molecule has 0 aromatic heterocycles. The number of esters is 1. The van der Waals surface area contributed by atoms with Crippen LogP contribution in [0.3, 0.4) is 0 Å². The average molecular weight is 243 g/mol. The Labute approximate surface area is 104 Å². The van der Waals surface area contributed by atoms with Crippen molar-refractivity contribution in [1.82, 2.24) is 5.32 Å². The van der Waals surface area contributed by atoms with Crippen molar-refractivity contribution in [3.05, 3.63) is 0 Å². The van der Waals surface area contributed by atoms with Crippen LogP contribution in [-0.4, -0.2) is 38.4 Å². The van der Waals surface area contributed by atoms with E-state index in [1.807, 2.05) is 0 Å². The molecule has 0 aliphatic heterocycles. The molecular weight excluding hydrogens is 218 g/mol. The zero-order chi connectivity index (χ0) is 12.7. The summed E-state index contributed by atoms with van der Waals surface area (Å²) in [5, 5.41) is 3.30. The lowest BCUT2D eigenvalue weighted by Crippen LogP contribution is -2.52. The maximum absolute atomic E-state index is 11.6. The minimum atomic E-state index is -0.187. The molecule has 1 unspecified atom stereocenters. The summed E-state index contributed by atoms with van der Waals surface area (Å²) in [5.74, 6) is -0.163. The molecule has 1 aliphatic carbocycles. The summed E-state index contributed by atoms with van der Waals surface area (Å²) in [6, 6.07) is -0.187. The monoisotopic (exact) mass is 243 g/mol. The Bertz CT molecular complexity index is 233. The molecular formula is C13H25NO3. The van der Waals surface area contributed by atoms with Crippen LogP contribution in [0.5, 0.6) is 0 Å². The molecule has 1 aliphatic rings. The van der Waals surface area contributed by atoms with Crippen molar-refractivity contribution in [3.63, 3.8) is 0 Å². The van der Waals surface area contributed by atoms with Crippen molar-refractivity contribution in [2.24, 2.45) is 0 Å². The lowest BCUT2D eigenvalue weighted by molar-refractivity contribution is -0.144. The van der Waals surface area contributed by atoms with Crippen molar-refractivity contribution in [3.8, 4) is 0 Å². The van der Waals surface area contributed by atoms with Gasteiger partial charge in [0.2, 0.25) is 0 Å². The van der Waals surface area contributed by atoms with Crippen molar-refractivity contribution >= 4 is 5.97 Å². The predicted octanol–water partition coefficient (Wildman–Crippen LogP) is 1.88. The molecule has 1 saturated carbocycles. The van der Waals surface area contributed by atoms with Gasteiger partial charge < -0.3 is 14.8 Å². The van der Waals surface area contributed by atoms with E-state index >= 15 is 0 Å². The summed E-state index contributed by atoms with van der Waals surface area (Å²) in [6.45, 7) is 2.86. The van der Waals surface area contributed by atoms with E-state index in [0.717, 1.165) is 38.6 Å². The topological polar surface area (TPSA) is 47.6 Å². The minimum Gasteiger partial charge on any atom is -0.468 e. The first-order valence-corrected chi connectivity index (χ1v) is 6.54. The summed E-state index contributed by atoms with van der Waals surface area (Å²) in [6.07, 6.45) is 6.34. The molecule has 0 saturated heterocycles. The van der Waals surface area contributed by atoms with Crippen LogP contribution in [0.15, 0.2) is 0 Å². The molecule has 0 aromatic rings. The van der Waals surface area contributed by atoms with Crippen molar-refractivity contribution in [2.75, 3.05) is 20.8 Å². The average Bonchev–Trinajstić information content (AvgIpc) is 2.31. The zero-order valence-electron chi connectivity index (χ0n) is 11.3. The van der Waals surface area contributed by atoms with Gasteiger partial charge in [-0.15, -0.1) is 0 Å². The van der Waals surface area contributed by atoms with Crippen molar-refractivity contribution < 1.29 is 14.3 Å². The number of carbonyl (C=O) groups excluding carboxylic acids is 1. The third-order valence-electron chi connectivity index (χ3n) is 3.70. The fraction of sp³-hybridized carbons (Fsp3) is 0.923. The first-order valence-electron chi connectivity index (χ1n) is 6.54. The quantitative estimate of drug-likeness (QED) is 0.661. The van der Waals surface area contributed by atoms with Crippen LogP contribution in [0.1, 0.15) is 45.4 Å². The van der Waals surface area contributed by atoms with Crippen LogP contribution < -0.4 is 5.32 Å². The predicted molar refractivity (Wildman–Crippen MR) is 66.9 cm³/mol. The third kappa shape index (κ3) is 3.96. The van der Waals surface area contributed by atoms with Crippen molar-refractivity contribution in [2.45, 2.75) is 57.1 Å². The van der Waals surface area contributed by atoms with E-state index in [1.165, 1.54) is 13.5 Å². The molecule has 0 aromatic carbocycles. The van der Waals surface area contributed by atoms with Crippen molar-refractivity contribution in [1.29, 1.82) is 0 Å². The second-order valence-corrected chi connectivity index (χ2v) is 4.84. The van der Waals surface area contributed by atoms with E-state index in [4.69, 9.17) is 9.47 Å². The van der Waals surface area contributed by atoms with Crippen LogP contribution in [0.25, 0.3) is 0 Å². The van der Waals surface area contributed by atoms with Crippen LogP contribution in [0.2, 0.25) is 0 Å². The highest BCUT2D eigenvalue weighted by molar-refractivity contribution is 5.75. The summed E-state index contributed by atoms with van der Waals surface area (Å²) < 4.78 is 10.3. The van der Waals surface area contributed by atoms with E-state index in [1.54, 1.807) is 7.11 Å². The Morgan fingerprint density at radius 2 is 2.12 bits per heavy atom. The molecule has 0 heterocycles. The molecule has 100 valence electrons. The number of nitrogens with one attached hydrogen (secondary N) is 1. The molecule has 0 radical (unpaired) electrons. The van der Waals surface area contributed by atoms with E-state index in [-0.39, 0.29) is 17.6 Å². The number of ether oxygens (including phenoxy) is 2. The summed E-state index contributed by atoms with van der Waals surface area (Å²) in [4.78, 5) is 11.6. The van der Waals surface area contributed by atoms with Gasteiger partial charge in [0, 0.05) is 13.7 Å². The van der Waals surface area contributed by atoms with Crippen LogP contribution >= 0.6 is 0 Å². The number of rotatable bonds is 8. The number of unbranched alkanes of at least 4 members (excludes halogenated alkanes) is 1. The Hall–Kier alpha value is -0.610. The van der Waals surface area contributed by atoms with E-state index in [2.05, 4.69) is 12.2 Å². The van der Waals surface area contributed by atoms with Gasteiger partial charge in [-0.1, -0.05) is 19.8 Å². The standard InChI is InChI=1S/C13H25NO3/c1-4-5-7-11(12(15)16-2)14-10-13(17-3)8-6-9-13/h11,14H,4-10H2,1-3H3. The highest BCUT2D eigenvalue weighted by Gasteiger charge is 2.37. The highest BCUT2D eigenvalue weighted by atomic mass is 16.5. The Balaban J connectivity index is 2.39. The largest absolute Gasteiger partial charge is 0.468 e. The summed E-state index contributed by atoms with van der Waals surface area (Å²) in [5.41, 5.74) is -0.0432. The van der Waals surface area contributed by atoms with Gasteiger partial charge in [-0.3, -0.25) is 4.79 Å². The molecule has 0 spiro atoms. The zero-order valence-corrected chi connectivity index (χ0v) is 11.3. The highest BCUT2D eigenvalue weighted by Crippen LogP contribution is 2.34. The van der Waals surface area contributed by atoms with Gasteiger partial charge >= 0.3 is 5.97 Å². The maximum Gasteiger partial charge on any atom is 0.322 e. The first kappa shape index (κ1) is 14.5. The number of carbonyl (C=O) groups is 1. The number of methoxy groups -OCH3 is 2. The molecule has 1 atom stereocenters. The van der Waals surface area contributed by atoms with Crippen LogP contribution in [-0.2, 0) is 14.3 Å². The van der Waals surface area contributed by atoms with Gasteiger partial charge in [-0.25, -0.2) is 0 Å². The normalized spacial score (nSPS) is 19.5. The first-order chi connectivity index (χ1) is 8.17. The number of hydrogen-bond donors (Lipinski definition) is 1. The summed E-state index contributed by atoms with van der Waals surface area (Å²) >= 11 is 0. The fourth-order valence-electron chi connectivity index (χ4n) is 2.19. The molecule has 0 amide bonds. The van der Waals surface area contributed by atoms with E-state index < -0.39 is 0 Å². The van der Waals surface area contributed by atoms with Crippen LogP contribution in [0, 0.1) is 0 Å². The second-order valence-electron chi connectivity index (χ2n) is 4.84. The lowest BCUT2D eigenvalue weighted by atomic mass is 9.80. The lowest BCUT2D eigenvalue weighted by Gasteiger charge is -2.41. The van der Waals surface area contributed by atoms with Gasteiger partial charge in [0.1, 0.15) is 6.04 Å². The minimum absolute atomic E-state index is 0.0432. The molecule has 4 nitrogen and oxygen atoms in total. The van der Waals surface area contributed by atoms with Gasteiger partial charge in [-0.05, 0) is 25.7 Å². The van der Waals surface area contributed by atoms with Gasteiger partial charge in [0.15, 0.2) is 0 Å². The van der Waals surface area contributed by atoms with E-state index in [0.29, 0.717) is 0 Å². The van der Waals surface area contributed by atoms with Gasteiger partial charge in [-0.2, -0.15) is 0 Å². The molecule has 0 bridgehead atoms. The smallest absolute Gasteiger partial charge is 0.322 e. The summed E-state index contributed by atoms with van der Waals surface area (Å²) in [7, 11) is 3.19. The molecule has 1 rings (SSSR count). The SMILES string of the molecule is CCCCC(NCC1(OC)CCC1)C(=O)OC. The van der Waals surface area contributed by atoms with Gasteiger partial charge in [0.25, 0.3) is 0 Å². The number of hydrogen-bond acceptors (Lipinski definition) is 4.